The molecule has 0 unspecified atom stereocenters. The summed E-state index contributed by atoms with van der Waals surface area (Å²) in [5.74, 6) is -3.98. The highest BCUT2D eigenvalue weighted by Gasteiger charge is 2.46. The van der Waals surface area contributed by atoms with Crippen molar-refractivity contribution in [2.75, 3.05) is 39.4 Å². The van der Waals surface area contributed by atoms with Gasteiger partial charge >= 0.3 is 18.3 Å². The Bertz CT molecular complexity index is 4500. The van der Waals surface area contributed by atoms with Crippen LogP contribution in [0.15, 0.2) is 167 Å². The number of nitrogens with two attached hydrogens (primary N) is 1. The van der Waals surface area contributed by atoms with Crippen LogP contribution in [-0.2, 0) is 46.2 Å². The van der Waals surface area contributed by atoms with Crippen LogP contribution in [0.4, 0.5) is 23.2 Å². The molecule has 12 rings (SSSR count). The summed E-state index contributed by atoms with van der Waals surface area (Å²) in [5.41, 5.74) is 9.04. The van der Waals surface area contributed by atoms with Gasteiger partial charge in [-0.2, -0.15) is 0 Å². The summed E-state index contributed by atoms with van der Waals surface area (Å²) in [7, 11) is 0. The lowest BCUT2D eigenvalue weighted by Gasteiger charge is -2.29. The average Bonchev–Trinajstić information content (AvgIpc) is 1.68. The molecule has 2 aliphatic carbocycles. The number of rotatable bonds is 37. The summed E-state index contributed by atoms with van der Waals surface area (Å²) in [5, 5.41) is 8.19. The summed E-state index contributed by atoms with van der Waals surface area (Å²) < 4.78 is 67.9. The first-order chi connectivity index (χ1) is 56.6. The minimum atomic E-state index is -1.09. The molecule has 117 heavy (non-hydrogen) atoms. The standard InChI is InChI=1S/C48H59FN4O9.C43H51FN4O7/c1-48(2,3)62-46(57)50-27-13-12-18-34(43(55)44-51-38-19-10-11-20-42(38)61-44)28-41(54)40-29-37(59-31-33-16-8-5-9-17-33)30-53(40)45(56)39(26-21-32-14-6-4-7-15-32)52-47(58)60-36-24-22-35(49)23-25-36;44-32-19-21-33(22-20-32)54-43(52)47-36(23-18-29-11-3-1-4-12-29)42(51)48-27-34(53-28-30-13-5-2-6-14-30)26-37(48)38(49)25-31(15-9-10-24-45)40(50)41-46-35-16-7-8-17-39(35)55-41/h4,6-7,10-11,14-15,19-20,22-25,33-34,37,39-40H,5,8-9,12-13,16-18,21,26-31H2,1-3H3,(H,50,57)(H,52,58);1,3-4,7-8,11-12,16-17,19-22,30-31,34,36-37H,2,5-6,9-10,13-15,18,23-28,45H2,(H,47,52)/t34-,37-,39-,40+;31-,34-,36-,37+/m11/s1. The van der Waals surface area contributed by atoms with Crippen molar-refractivity contribution < 1.29 is 84.5 Å². The van der Waals surface area contributed by atoms with Gasteiger partial charge in [0.15, 0.2) is 22.7 Å². The summed E-state index contributed by atoms with van der Waals surface area (Å²) in [4.78, 5) is 137. The van der Waals surface area contributed by atoms with E-state index in [0.717, 1.165) is 74.6 Å². The molecule has 5 N–H and O–H groups in total. The number of nitrogens with one attached hydrogen (secondary N) is 3. The molecule has 8 aromatic rings. The Balaban J connectivity index is 0.000000231. The van der Waals surface area contributed by atoms with E-state index in [1.165, 1.54) is 59.0 Å². The monoisotopic (exact) mass is 1610 g/mol. The Labute approximate surface area is 681 Å². The minimum absolute atomic E-state index is 0.0513. The number of aromatic nitrogens is 2. The van der Waals surface area contributed by atoms with E-state index in [-0.39, 0.29) is 98.7 Å². The highest BCUT2D eigenvalue weighted by atomic mass is 19.1. The predicted octanol–water partition coefficient (Wildman–Crippen LogP) is 16.0. The minimum Gasteiger partial charge on any atom is -0.444 e. The molecule has 2 saturated carbocycles. The quantitative estimate of drug-likeness (QED) is 0.0208. The van der Waals surface area contributed by atoms with Crippen LogP contribution in [0, 0.1) is 35.3 Å². The van der Waals surface area contributed by atoms with Crippen LogP contribution < -0.4 is 31.2 Å². The van der Waals surface area contributed by atoms with Crippen LogP contribution >= 0.6 is 0 Å². The Morgan fingerprint density at radius 1 is 0.496 bits per heavy atom. The summed E-state index contributed by atoms with van der Waals surface area (Å²) in [6, 6.07) is 39.2. The third-order valence-corrected chi connectivity index (χ3v) is 22.1. The first-order valence-electron chi connectivity index (χ1n) is 41.5. The van der Waals surface area contributed by atoms with Gasteiger partial charge < -0.3 is 64.0 Å². The Hall–Kier alpha value is -10.6. The Kier molecular flexibility index (Phi) is 32.5. The second-order valence-corrected chi connectivity index (χ2v) is 32.2. The molecule has 0 bridgehead atoms. The highest BCUT2D eigenvalue weighted by molar-refractivity contribution is 6.01. The van der Waals surface area contributed by atoms with Crippen molar-refractivity contribution in [1.82, 2.24) is 35.7 Å². The number of hydrogen-bond donors (Lipinski definition) is 4. The van der Waals surface area contributed by atoms with Crippen LogP contribution in [0.1, 0.15) is 195 Å². The molecule has 8 atom stereocenters. The van der Waals surface area contributed by atoms with Gasteiger partial charge in [-0.25, -0.2) is 33.1 Å². The topological polar surface area (TPSA) is 320 Å². The van der Waals surface area contributed by atoms with Crippen molar-refractivity contribution in [2.24, 2.45) is 29.4 Å². The van der Waals surface area contributed by atoms with E-state index in [4.69, 9.17) is 38.3 Å². The molecule has 2 saturated heterocycles. The van der Waals surface area contributed by atoms with E-state index in [0.29, 0.717) is 105 Å². The van der Waals surface area contributed by atoms with Gasteiger partial charge in [0.05, 0.1) is 24.3 Å². The number of fused-ring (bicyclic) bond motifs is 2. The van der Waals surface area contributed by atoms with Crippen molar-refractivity contribution in [1.29, 1.82) is 0 Å². The molecule has 24 nitrogen and oxygen atoms in total. The molecular formula is C91H110F2N8O16. The third-order valence-electron chi connectivity index (χ3n) is 22.1. The molecule has 4 aliphatic rings. The molecule has 6 aromatic carbocycles. The molecule has 0 radical (unpaired) electrons. The number of hydrogen-bond acceptors (Lipinski definition) is 19. The van der Waals surface area contributed by atoms with Gasteiger partial charge in [-0.05, 0) is 200 Å². The first kappa shape index (κ1) is 87.3. The van der Waals surface area contributed by atoms with E-state index in [9.17, 15) is 51.9 Å². The maximum Gasteiger partial charge on any atom is 0.413 e. The second kappa shape index (κ2) is 43.6. The number of carbonyl (C=O) groups excluding carboxylic acids is 9. The summed E-state index contributed by atoms with van der Waals surface area (Å²) in [6.07, 6.45) is 12.6. The molecule has 4 fully saturated rings. The Morgan fingerprint density at radius 3 is 1.30 bits per heavy atom. The number of likely N-dealkylation sites (tertiary alicyclic amines) is 2. The highest BCUT2D eigenvalue weighted by Crippen LogP contribution is 2.34. The molecule has 2 aromatic heterocycles. The first-order valence-corrected chi connectivity index (χ1v) is 41.5. The smallest absolute Gasteiger partial charge is 0.413 e. The zero-order valence-corrected chi connectivity index (χ0v) is 67.2. The molecule has 0 spiro atoms. The number of oxazole rings is 2. The number of halogens is 2. The predicted molar refractivity (Wildman–Crippen MR) is 435 cm³/mol. The largest absolute Gasteiger partial charge is 0.444 e. The van der Waals surface area contributed by atoms with E-state index in [1.807, 2.05) is 66.7 Å². The lowest BCUT2D eigenvalue weighted by molar-refractivity contribution is -0.139. The van der Waals surface area contributed by atoms with Crippen molar-refractivity contribution in [3.8, 4) is 11.5 Å². The summed E-state index contributed by atoms with van der Waals surface area (Å²) >= 11 is 0. The van der Waals surface area contributed by atoms with Gasteiger partial charge in [0.25, 0.3) is 11.8 Å². The fourth-order valence-electron chi connectivity index (χ4n) is 15.8. The van der Waals surface area contributed by atoms with Crippen molar-refractivity contribution >= 4 is 75.4 Å². The van der Waals surface area contributed by atoms with Crippen molar-refractivity contribution in [3.63, 3.8) is 0 Å². The van der Waals surface area contributed by atoms with Crippen LogP contribution in [0.25, 0.3) is 22.2 Å². The third kappa shape index (κ3) is 26.7. The van der Waals surface area contributed by atoms with E-state index < -0.39 is 101 Å². The van der Waals surface area contributed by atoms with Crippen LogP contribution in [0.3, 0.4) is 0 Å². The van der Waals surface area contributed by atoms with Gasteiger partial charge in [-0.3, -0.25) is 28.8 Å². The SMILES string of the molecule is CC(C)(C)OC(=O)NCCCC[C@H](CC(=O)[C@@H]1C[C@@H](OCC2CCCCC2)CN1C(=O)[C@@H](CCc1ccccc1)NC(=O)Oc1ccc(F)cc1)C(=O)c1nc2ccccc2o1.NCCCC[C@H](CC(=O)[C@@H]1C[C@@H](OCC2CCCCC2)CN1C(=O)[C@@H](CCc1ccccc1)NC(=O)Oc1ccc(F)cc1)C(=O)c1nc2ccccc2o1. The maximum atomic E-state index is 14.8. The van der Waals surface area contributed by atoms with Crippen molar-refractivity contribution in [3.05, 3.63) is 192 Å². The van der Waals surface area contributed by atoms with Gasteiger partial charge in [0.2, 0.25) is 23.4 Å². The van der Waals surface area contributed by atoms with Crippen LogP contribution in [0.2, 0.25) is 0 Å². The number of nitrogens with zero attached hydrogens (tertiary/aromatic N) is 4. The van der Waals surface area contributed by atoms with E-state index >= 15 is 0 Å². The average molecular weight is 1610 g/mol. The fourth-order valence-corrected chi connectivity index (χ4v) is 15.8. The number of benzene rings is 6. The zero-order chi connectivity index (χ0) is 82.6. The number of aryl methyl sites for hydroxylation is 2. The normalized spacial score (nSPS) is 18.2. The van der Waals surface area contributed by atoms with Crippen molar-refractivity contribution in [2.45, 2.75) is 217 Å². The molecule has 2 aliphatic heterocycles. The van der Waals surface area contributed by atoms with Crippen LogP contribution in [0.5, 0.6) is 11.5 Å². The number of Topliss-reactive ketones (excluding diaryl/α,β-unsaturated/α-hetero) is 4. The number of alkyl carbamates (subject to hydrolysis) is 1. The van der Waals surface area contributed by atoms with E-state index in [1.54, 1.807) is 63.2 Å². The fraction of sp³-hybridized carbons (Fsp3) is 0.484. The van der Waals surface area contributed by atoms with Gasteiger partial charge in [-0.1, -0.05) is 136 Å². The second-order valence-electron chi connectivity index (χ2n) is 32.2. The number of ether oxygens (including phenoxy) is 5. The number of carbonyl (C=O) groups is 9. The van der Waals surface area contributed by atoms with Gasteiger partial charge in [0.1, 0.15) is 51.9 Å². The number of unbranched alkanes of at least 4 members (excludes halogenated alkanes) is 2. The lowest BCUT2D eigenvalue weighted by atomic mass is 9.89. The number of ketones is 4. The molecule has 624 valence electrons. The van der Waals surface area contributed by atoms with Crippen LogP contribution in [-0.4, -0.2) is 154 Å². The number of amides is 5. The molecule has 5 amide bonds. The lowest BCUT2D eigenvalue weighted by Crippen LogP contribution is -2.52. The molecule has 4 heterocycles. The summed E-state index contributed by atoms with van der Waals surface area (Å²) in [6.45, 7) is 7.44. The maximum absolute atomic E-state index is 14.8. The zero-order valence-electron chi connectivity index (χ0n) is 67.2. The molecule has 26 heteroatoms. The number of para-hydroxylation sites is 4. The Morgan fingerprint density at radius 2 is 0.897 bits per heavy atom. The van der Waals surface area contributed by atoms with E-state index in [2.05, 4.69) is 25.9 Å². The molecular weight excluding hydrogens is 1500 g/mol. The van der Waals surface area contributed by atoms with Gasteiger partial charge in [0, 0.05) is 70.4 Å². The van der Waals surface area contributed by atoms with Gasteiger partial charge in [-0.15, -0.1) is 0 Å².